The normalized spacial score (nSPS) is 18.7. The lowest BCUT2D eigenvalue weighted by molar-refractivity contribution is 0.0656. The molecule has 2 heterocycles. The Balaban J connectivity index is 1.66. The summed E-state index contributed by atoms with van der Waals surface area (Å²) in [5.41, 5.74) is 1.70. The molecule has 0 aromatic heterocycles. The van der Waals surface area contributed by atoms with Crippen molar-refractivity contribution < 1.29 is 18.4 Å². The molecule has 0 radical (unpaired) electrons. The Hall–Kier alpha value is -2.96. The van der Waals surface area contributed by atoms with E-state index in [1.165, 1.54) is 0 Å². The van der Waals surface area contributed by atoms with Crippen LogP contribution in [0, 0.1) is 11.6 Å². The number of benzene rings is 2. The summed E-state index contributed by atoms with van der Waals surface area (Å²) in [7, 11) is 0. The molecule has 29 heavy (non-hydrogen) atoms. The van der Waals surface area contributed by atoms with Crippen LogP contribution in [-0.2, 0) is 0 Å². The largest absolute Gasteiger partial charge is 0.351 e. The van der Waals surface area contributed by atoms with Crippen molar-refractivity contribution in [2.24, 2.45) is 0 Å². The van der Waals surface area contributed by atoms with E-state index in [9.17, 15) is 18.4 Å². The summed E-state index contributed by atoms with van der Waals surface area (Å²) in [5.74, 6) is -2.01. The van der Waals surface area contributed by atoms with E-state index in [4.69, 9.17) is 0 Å². The van der Waals surface area contributed by atoms with Crippen molar-refractivity contribution in [3.8, 4) is 0 Å². The molecule has 2 aromatic rings. The molecule has 1 fully saturated rings. The van der Waals surface area contributed by atoms with Gasteiger partial charge in [0.25, 0.3) is 11.8 Å². The van der Waals surface area contributed by atoms with Crippen LogP contribution in [0.5, 0.6) is 0 Å². The molecule has 2 amide bonds. The SMILES string of the molecule is CCN1c2cc(C(=O)Nc3cc(F)cc(F)c3)ccc2C(=O)N2CCCCC[C@H]21. The fraction of sp³-hybridized carbons (Fsp3) is 0.364. The van der Waals surface area contributed by atoms with Crippen molar-refractivity contribution in [1.82, 2.24) is 4.90 Å². The van der Waals surface area contributed by atoms with E-state index in [-0.39, 0.29) is 17.8 Å². The summed E-state index contributed by atoms with van der Waals surface area (Å²) < 4.78 is 26.8. The highest BCUT2D eigenvalue weighted by Gasteiger charge is 2.37. The average molecular weight is 399 g/mol. The van der Waals surface area contributed by atoms with Gasteiger partial charge in [0.2, 0.25) is 0 Å². The standard InChI is InChI=1S/C22H23F2N3O2/c1-2-26-19-10-14(21(28)25-17-12-15(23)11-16(24)13-17)7-8-18(19)22(29)27-9-5-3-4-6-20(26)27/h7-8,10-13,20H,2-6,9H2,1H3,(H,25,28)/t20-/m0/s1. The Labute approximate surface area is 168 Å². The molecule has 0 unspecified atom stereocenters. The lowest BCUT2D eigenvalue weighted by Gasteiger charge is -2.44. The van der Waals surface area contributed by atoms with E-state index >= 15 is 0 Å². The van der Waals surface area contributed by atoms with Crippen LogP contribution in [0.2, 0.25) is 0 Å². The highest BCUT2D eigenvalue weighted by Crippen LogP contribution is 2.35. The van der Waals surface area contributed by atoms with Gasteiger partial charge in [-0.25, -0.2) is 8.78 Å². The fourth-order valence-corrected chi connectivity index (χ4v) is 4.27. The number of nitrogens with zero attached hydrogens (tertiary/aromatic N) is 2. The zero-order valence-corrected chi connectivity index (χ0v) is 16.3. The number of carbonyl (C=O) groups excluding carboxylic acids is 2. The number of rotatable bonds is 3. The molecule has 1 saturated heterocycles. The van der Waals surface area contributed by atoms with E-state index in [0.717, 1.165) is 56.1 Å². The number of carbonyl (C=O) groups is 2. The zero-order chi connectivity index (χ0) is 20.5. The number of amides is 2. The molecule has 1 atom stereocenters. The zero-order valence-electron chi connectivity index (χ0n) is 16.3. The average Bonchev–Trinajstić information content (AvgIpc) is 2.93. The minimum atomic E-state index is -0.762. The predicted octanol–water partition coefficient (Wildman–Crippen LogP) is 4.40. The highest BCUT2D eigenvalue weighted by atomic mass is 19.1. The van der Waals surface area contributed by atoms with Gasteiger partial charge in [0, 0.05) is 30.4 Å². The number of fused-ring (bicyclic) bond motifs is 2. The maximum Gasteiger partial charge on any atom is 0.257 e. The van der Waals surface area contributed by atoms with Crippen LogP contribution in [0.4, 0.5) is 20.2 Å². The van der Waals surface area contributed by atoms with Gasteiger partial charge in [-0.2, -0.15) is 0 Å². The minimum Gasteiger partial charge on any atom is -0.351 e. The van der Waals surface area contributed by atoms with E-state index in [2.05, 4.69) is 10.2 Å². The Bertz CT molecular complexity index is 943. The topological polar surface area (TPSA) is 52.7 Å². The molecule has 2 aliphatic heterocycles. The Morgan fingerprint density at radius 1 is 1.10 bits per heavy atom. The Kier molecular flexibility index (Phi) is 5.22. The lowest BCUT2D eigenvalue weighted by atomic mass is 10.0. The summed E-state index contributed by atoms with van der Waals surface area (Å²) >= 11 is 0. The van der Waals surface area contributed by atoms with Crippen LogP contribution < -0.4 is 10.2 Å². The van der Waals surface area contributed by atoms with E-state index in [1.54, 1.807) is 18.2 Å². The molecule has 0 bridgehead atoms. The highest BCUT2D eigenvalue weighted by molar-refractivity contribution is 6.08. The third-order valence-corrected chi connectivity index (χ3v) is 5.60. The maximum atomic E-state index is 13.4. The molecule has 7 heteroatoms. The molecule has 5 nitrogen and oxygen atoms in total. The van der Waals surface area contributed by atoms with E-state index < -0.39 is 17.5 Å². The van der Waals surface area contributed by atoms with Gasteiger partial charge in [0.1, 0.15) is 17.8 Å². The van der Waals surface area contributed by atoms with Gasteiger partial charge in [0.15, 0.2) is 0 Å². The van der Waals surface area contributed by atoms with Gasteiger partial charge in [-0.1, -0.05) is 6.42 Å². The molecule has 4 rings (SSSR count). The number of halogens is 2. The van der Waals surface area contributed by atoms with Crippen molar-refractivity contribution in [3.05, 3.63) is 59.2 Å². The van der Waals surface area contributed by atoms with Gasteiger partial charge in [0.05, 0.1) is 11.3 Å². The van der Waals surface area contributed by atoms with Gasteiger partial charge < -0.3 is 15.1 Å². The van der Waals surface area contributed by atoms with Gasteiger partial charge in [-0.05, 0) is 56.5 Å². The molecule has 0 spiro atoms. The number of nitrogens with one attached hydrogen (secondary N) is 1. The Morgan fingerprint density at radius 3 is 2.59 bits per heavy atom. The molecule has 2 aromatic carbocycles. The van der Waals surface area contributed by atoms with Crippen molar-refractivity contribution in [2.75, 3.05) is 23.3 Å². The van der Waals surface area contributed by atoms with Crippen molar-refractivity contribution >= 4 is 23.2 Å². The monoisotopic (exact) mass is 399 g/mol. The summed E-state index contributed by atoms with van der Waals surface area (Å²) in [6.45, 7) is 3.49. The van der Waals surface area contributed by atoms with Crippen LogP contribution in [0.25, 0.3) is 0 Å². The summed E-state index contributed by atoms with van der Waals surface area (Å²) in [6, 6.07) is 7.81. The second-order valence-electron chi connectivity index (χ2n) is 7.46. The molecule has 152 valence electrons. The first-order chi connectivity index (χ1) is 14.0. The van der Waals surface area contributed by atoms with Crippen molar-refractivity contribution in [3.63, 3.8) is 0 Å². The fourth-order valence-electron chi connectivity index (χ4n) is 4.27. The summed E-state index contributed by atoms with van der Waals surface area (Å²) in [4.78, 5) is 29.8. The van der Waals surface area contributed by atoms with Gasteiger partial charge >= 0.3 is 0 Å². The van der Waals surface area contributed by atoms with E-state index in [1.807, 2.05) is 11.8 Å². The number of hydrogen-bond acceptors (Lipinski definition) is 3. The molecular weight excluding hydrogens is 376 g/mol. The van der Waals surface area contributed by atoms with Crippen LogP contribution >= 0.6 is 0 Å². The Morgan fingerprint density at radius 2 is 1.86 bits per heavy atom. The van der Waals surface area contributed by atoms with Gasteiger partial charge in [-0.15, -0.1) is 0 Å². The maximum absolute atomic E-state index is 13.4. The summed E-state index contributed by atoms with van der Waals surface area (Å²) in [5, 5.41) is 2.52. The van der Waals surface area contributed by atoms with Crippen LogP contribution in [0.15, 0.2) is 36.4 Å². The van der Waals surface area contributed by atoms with Gasteiger partial charge in [-0.3, -0.25) is 9.59 Å². The number of hydrogen-bond donors (Lipinski definition) is 1. The van der Waals surface area contributed by atoms with Crippen LogP contribution in [-0.4, -0.2) is 36.0 Å². The van der Waals surface area contributed by atoms with Crippen molar-refractivity contribution in [1.29, 1.82) is 0 Å². The predicted molar refractivity (Wildman–Crippen MR) is 107 cm³/mol. The first-order valence-corrected chi connectivity index (χ1v) is 9.97. The molecular formula is C22H23F2N3O2. The lowest BCUT2D eigenvalue weighted by Crippen LogP contribution is -2.55. The minimum absolute atomic E-state index is 0.00173. The quantitative estimate of drug-likeness (QED) is 0.832. The first kappa shape index (κ1) is 19.4. The molecule has 0 saturated carbocycles. The summed E-state index contributed by atoms with van der Waals surface area (Å²) in [6.07, 6.45) is 4.06. The smallest absolute Gasteiger partial charge is 0.257 e. The second-order valence-corrected chi connectivity index (χ2v) is 7.46. The molecule has 2 aliphatic rings. The second kappa shape index (κ2) is 7.81. The van der Waals surface area contributed by atoms with Crippen LogP contribution in [0.1, 0.15) is 53.3 Å². The third kappa shape index (κ3) is 3.69. The van der Waals surface area contributed by atoms with E-state index in [0.29, 0.717) is 17.7 Å². The van der Waals surface area contributed by atoms with Crippen molar-refractivity contribution in [2.45, 2.75) is 38.8 Å². The van der Waals surface area contributed by atoms with Crippen LogP contribution in [0.3, 0.4) is 0 Å². The third-order valence-electron chi connectivity index (χ3n) is 5.60. The molecule has 0 aliphatic carbocycles. The number of anilines is 2. The first-order valence-electron chi connectivity index (χ1n) is 9.97. The molecule has 1 N–H and O–H groups in total.